The number of nitrogens with one attached hydrogen (secondary N) is 1. The third-order valence-electron chi connectivity index (χ3n) is 2.54. The van der Waals surface area contributed by atoms with Crippen molar-refractivity contribution in [2.75, 3.05) is 0 Å². The van der Waals surface area contributed by atoms with Gasteiger partial charge in [0.15, 0.2) is 0 Å². The highest BCUT2D eigenvalue weighted by Crippen LogP contribution is 2.12. The van der Waals surface area contributed by atoms with Crippen molar-refractivity contribution >= 4 is 5.91 Å². The van der Waals surface area contributed by atoms with E-state index in [2.05, 4.69) is 10.3 Å². The molecule has 0 aliphatic rings. The molecule has 1 aromatic carbocycles. The first-order chi connectivity index (χ1) is 9.22. The number of carbonyl (C=O) groups is 1. The lowest BCUT2D eigenvalue weighted by Crippen LogP contribution is -2.28. The zero-order valence-corrected chi connectivity index (χ0v) is 9.88. The molecule has 1 N–H and O–H groups in total. The fourth-order valence-corrected chi connectivity index (χ4v) is 1.59. The highest BCUT2D eigenvalue weighted by atomic mass is 19.1. The molecule has 0 spiro atoms. The molecule has 1 aromatic heterocycles. The molecule has 2 rings (SSSR count). The lowest BCUT2D eigenvalue weighted by atomic mass is 10.1. The van der Waals surface area contributed by atoms with Gasteiger partial charge in [0.1, 0.15) is 11.9 Å². The molecule has 1 atom stereocenters. The van der Waals surface area contributed by atoms with Crippen molar-refractivity contribution in [2.45, 2.75) is 6.04 Å². The van der Waals surface area contributed by atoms with Gasteiger partial charge >= 0.3 is 0 Å². The first-order valence-corrected chi connectivity index (χ1v) is 5.57. The fraction of sp³-hybridized carbons (Fsp3) is 0.0714. The average molecular weight is 255 g/mol. The molecule has 2 aromatic rings. The van der Waals surface area contributed by atoms with Crippen molar-refractivity contribution in [1.29, 1.82) is 5.26 Å². The van der Waals surface area contributed by atoms with E-state index in [0.717, 1.165) is 0 Å². The minimum absolute atomic E-state index is 0.0911. The summed E-state index contributed by atoms with van der Waals surface area (Å²) < 4.78 is 13.4. The smallest absolute Gasteiger partial charge is 0.255 e. The van der Waals surface area contributed by atoms with Gasteiger partial charge in [0.2, 0.25) is 0 Å². The van der Waals surface area contributed by atoms with Crippen LogP contribution in [0.3, 0.4) is 0 Å². The predicted octanol–water partition coefficient (Wildman–Crippen LogP) is 2.22. The van der Waals surface area contributed by atoms with Gasteiger partial charge in [-0.1, -0.05) is 18.2 Å². The summed E-state index contributed by atoms with van der Waals surface area (Å²) in [5.41, 5.74) is 0.460. The summed E-state index contributed by atoms with van der Waals surface area (Å²) in [6, 6.07) is 10.0. The van der Waals surface area contributed by atoms with E-state index < -0.39 is 17.8 Å². The van der Waals surface area contributed by atoms with E-state index >= 15 is 0 Å². The highest BCUT2D eigenvalue weighted by molar-refractivity contribution is 5.94. The number of hydrogen-bond donors (Lipinski definition) is 1. The molecule has 1 heterocycles. The molecule has 4 nitrogen and oxygen atoms in total. The summed E-state index contributed by atoms with van der Waals surface area (Å²) in [7, 11) is 0. The Labute approximate surface area is 109 Å². The molecule has 1 unspecified atom stereocenters. The van der Waals surface area contributed by atoms with Crippen LogP contribution < -0.4 is 5.32 Å². The molecule has 1 amide bonds. The van der Waals surface area contributed by atoms with Gasteiger partial charge in [-0.2, -0.15) is 5.26 Å². The molecule has 0 radical (unpaired) electrons. The van der Waals surface area contributed by atoms with Crippen molar-refractivity contribution in [3.8, 4) is 6.07 Å². The number of nitrogens with zero attached hydrogens (tertiary/aromatic N) is 2. The van der Waals surface area contributed by atoms with E-state index in [1.165, 1.54) is 24.4 Å². The Balaban J connectivity index is 2.19. The lowest BCUT2D eigenvalue weighted by molar-refractivity contribution is 0.0941. The first-order valence-electron chi connectivity index (χ1n) is 5.57. The maximum absolute atomic E-state index is 13.4. The average Bonchev–Trinajstić information content (AvgIpc) is 2.46. The van der Waals surface area contributed by atoms with Crippen LogP contribution in [0.15, 0.2) is 48.8 Å². The predicted molar refractivity (Wildman–Crippen MR) is 66.5 cm³/mol. The molecule has 94 valence electrons. The quantitative estimate of drug-likeness (QED) is 0.914. The van der Waals surface area contributed by atoms with Crippen molar-refractivity contribution < 1.29 is 9.18 Å². The fourth-order valence-electron chi connectivity index (χ4n) is 1.59. The number of amides is 1. The minimum Gasteiger partial charge on any atom is -0.332 e. The molecular formula is C14H10FN3O. The van der Waals surface area contributed by atoms with Gasteiger partial charge in [0, 0.05) is 18.0 Å². The molecule has 19 heavy (non-hydrogen) atoms. The molecule has 5 heteroatoms. The Morgan fingerprint density at radius 1 is 1.32 bits per heavy atom. The molecule has 0 saturated heterocycles. The van der Waals surface area contributed by atoms with Crippen LogP contribution in [0.25, 0.3) is 0 Å². The first kappa shape index (κ1) is 12.7. The normalized spacial score (nSPS) is 11.4. The number of halogens is 1. The van der Waals surface area contributed by atoms with Crippen LogP contribution in [-0.2, 0) is 0 Å². The Hall–Kier alpha value is -2.74. The summed E-state index contributed by atoms with van der Waals surface area (Å²) in [6.07, 6.45) is 3.05. The minimum atomic E-state index is -0.860. The zero-order valence-electron chi connectivity index (χ0n) is 9.88. The third-order valence-corrected chi connectivity index (χ3v) is 2.54. The summed E-state index contributed by atoms with van der Waals surface area (Å²) in [6.45, 7) is 0. The number of pyridine rings is 1. The maximum atomic E-state index is 13.4. The summed E-state index contributed by atoms with van der Waals surface area (Å²) in [5.74, 6) is -1.25. The van der Waals surface area contributed by atoms with Gasteiger partial charge in [-0.3, -0.25) is 9.78 Å². The summed E-state index contributed by atoms with van der Waals surface area (Å²) in [5, 5.41) is 11.5. The molecular weight excluding hydrogens is 245 g/mol. The standard InChI is InChI=1S/C14H10FN3O/c15-12-6-2-1-5-11(12)14(19)18-13(8-16)10-4-3-7-17-9-10/h1-7,9,13H,(H,18,19). The van der Waals surface area contributed by atoms with Crippen molar-refractivity contribution in [1.82, 2.24) is 10.3 Å². The van der Waals surface area contributed by atoms with Crippen molar-refractivity contribution in [3.05, 3.63) is 65.7 Å². The van der Waals surface area contributed by atoms with Gasteiger partial charge in [0.05, 0.1) is 11.6 Å². The van der Waals surface area contributed by atoms with Crippen LogP contribution in [0.5, 0.6) is 0 Å². The molecule has 0 bridgehead atoms. The SMILES string of the molecule is N#CC(NC(=O)c1ccccc1F)c1cccnc1. The van der Waals surface area contributed by atoms with Gasteiger partial charge < -0.3 is 5.32 Å². The molecule has 0 fully saturated rings. The number of aromatic nitrogens is 1. The summed E-state index contributed by atoms with van der Waals surface area (Å²) in [4.78, 5) is 15.8. The second kappa shape index (κ2) is 5.74. The lowest BCUT2D eigenvalue weighted by Gasteiger charge is -2.11. The highest BCUT2D eigenvalue weighted by Gasteiger charge is 2.17. The summed E-state index contributed by atoms with van der Waals surface area (Å²) >= 11 is 0. The zero-order chi connectivity index (χ0) is 13.7. The third kappa shape index (κ3) is 2.93. The monoisotopic (exact) mass is 255 g/mol. The van der Waals surface area contributed by atoms with Crippen molar-refractivity contribution in [2.24, 2.45) is 0 Å². The van der Waals surface area contributed by atoms with E-state index in [-0.39, 0.29) is 5.56 Å². The van der Waals surface area contributed by atoms with Crippen LogP contribution in [-0.4, -0.2) is 10.9 Å². The number of benzene rings is 1. The van der Waals surface area contributed by atoms with Crippen LogP contribution in [0.4, 0.5) is 4.39 Å². The van der Waals surface area contributed by atoms with Gasteiger partial charge in [-0.15, -0.1) is 0 Å². The van der Waals surface area contributed by atoms with Crippen LogP contribution in [0, 0.1) is 17.1 Å². The molecule has 0 saturated carbocycles. The van der Waals surface area contributed by atoms with Crippen LogP contribution >= 0.6 is 0 Å². The van der Waals surface area contributed by atoms with Crippen molar-refractivity contribution in [3.63, 3.8) is 0 Å². The number of rotatable bonds is 3. The van der Waals surface area contributed by atoms with Gasteiger partial charge in [0.25, 0.3) is 5.91 Å². The van der Waals surface area contributed by atoms with E-state index in [9.17, 15) is 9.18 Å². The van der Waals surface area contributed by atoms with E-state index in [0.29, 0.717) is 5.56 Å². The second-order valence-corrected chi connectivity index (χ2v) is 3.80. The van der Waals surface area contributed by atoms with Crippen LogP contribution in [0.2, 0.25) is 0 Å². The van der Waals surface area contributed by atoms with E-state index in [4.69, 9.17) is 5.26 Å². The van der Waals surface area contributed by atoms with Crippen LogP contribution in [0.1, 0.15) is 22.0 Å². The Kier molecular flexibility index (Phi) is 3.84. The van der Waals surface area contributed by atoms with Gasteiger partial charge in [-0.25, -0.2) is 4.39 Å². The largest absolute Gasteiger partial charge is 0.332 e. The number of nitriles is 1. The Bertz CT molecular complexity index is 622. The Morgan fingerprint density at radius 2 is 2.11 bits per heavy atom. The van der Waals surface area contributed by atoms with E-state index in [1.807, 2.05) is 6.07 Å². The number of hydrogen-bond acceptors (Lipinski definition) is 3. The topological polar surface area (TPSA) is 65.8 Å². The maximum Gasteiger partial charge on any atom is 0.255 e. The Morgan fingerprint density at radius 3 is 2.74 bits per heavy atom. The van der Waals surface area contributed by atoms with Gasteiger partial charge in [-0.05, 0) is 18.2 Å². The van der Waals surface area contributed by atoms with E-state index in [1.54, 1.807) is 24.4 Å². The second-order valence-electron chi connectivity index (χ2n) is 3.80. The molecule has 0 aliphatic carbocycles. The molecule has 0 aliphatic heterocycles. The number of carbonyl (C=O) groups excluding carboxylic acids is 1.